The van der Waals surface area contributed by atoms with Crippen LogP contribution in [0.3, 0.4) is 0 Å². The molecule has 106 valence electrons. The van der Waals surface area contributed by atoms with Gasteiger partial charge in [0.25, 0.3) is 6.43 Å². The molecule has 0 aromatic heterocycles. The van der Waals surface area contributed by atoms with Gasteiger partial charge in [0, 0.05) is 11.3 Å². The fraction of sp³-hybridized carbons (Fsp3) is 0.250. The van der Waals surface area contributed by atoms with E-state index in [9.17, 15) is 13.9 Å². The summed E-state index contributed by atoms with van der Waals surface area (Å²) in [6, 6.07) is 13.5. The van der Waals surface area contributed by atoms with Crippen LogP contribution in [0.4, 0.5) is 14.5 Å². The molecule has 20 heavy (non-hydrogen) atoms. The van der Waals surface area contributed by atoms with Crippen LogP contribution in [0.2, 0.25) is 0 Å². The molecule has 4 heteroatoms. The van der Waals surface area contributed by atoms with E-state index in [4.69, 9.17) is 0 Å². The summed E-state index contributed by atoms with van der Waals surface area (Å²) in [5, 5.41) is 12.6. The second-order valence-electron chi connectivity index (χ2n) is 4.71. The van der Waals surface area contributed by atoms with Crippen LogP contribution in [0.25, 0.3) is 0 Å². The van der Waals surface area contributed by atoms with Crippen LogP contribution in [-0.4, -0.2) is 11.7 Å². The van der Waals surface area contributed by atoms with Crippen molar-refractivity contribution < 1.29 is 13.9 Å². The van der Waals surface area contributed by atoms with E-state index in [0.29, 0.717) is 0 Å². The first-order valence-electron chi connectivity index (χ1n) is 6.42. The summed E-state index contributed by atoms with van der Waals surface area (Å²) in [6.07, 6.45) is -2.47. The molecule has 0 saturated heterocycles. The average Bonchev–Trinajstić information content (AvgIpc) is 2.47. The topological polar surface area (TPSA) is 32.3 Å². The van der Waals surface area contributed by atoms with E-state index in [1.54, 1.807) is 12.1 Å². The predicted octanol–water partition coefficient (Wildman–Crippen LogP) is 4.08. The number of anilines is 1. The number of alkyl halides is 2. The quantitative estimate of drug-likeness (QED) is 0.863. The molecule has 0 radical (unpaired) electrons. The van der Waals surface area contributed by atoms with E-state index < -0.39 is 6.43 Å². The Morgan fingerprint density at radius 3 is 2.00 bits per heavy atom. The van der Waals surface area contributed by atoms with Gasteiger partial charge in [-0.25, -0.2) is 8.78 Å². The molecule has 0 aliphatic heterocycles. The largest absolute Gasteiger partial charge is 0.394 e. The monoisotopic (exact) mass is 277 g/mol. The Hall–Kier alpha value is -1.94. The molecule has 2 nitrogen and oxygen atoms in total. The molecule has 1 atom stereocenters. The average molecular weight is 277 g/mol. The maximum absolute atomic E-state index is 12.5. The van der Waals surface area contributed by atoms with Crippen LogP contribution in [-0.2, 0) is 0 Å². The molecule has 0 fully saturated rings. The number of hydrogen-bond donors (Lipinski definition) is 2. The Kier molecular flexibility index (Phi) is 4.69. The molecule has 0 heterocycles. The van der Waals surface area contributed by atoms with Gasteiger partial charge in [-0.1, -0.05) is 42.0 Å². The van der Waals surface area contributed by atoms with Crippen molar-refractivity contribution in [2.75, 3.05) is 11.9 Å². The number of aryl methyl sites for hydroxylation is 1. The first-order valence-corrected chi connectivity index (χ1v) is 6.42. The van der Waals surface area contributed by atoms with Gasteiger partial charge < -0.3 is 10.4 Å². The van der Waals surface area contributed by atoms with Gasteiger partial charge in [0.05, 0.1) is 12.6 Å². The normalized spacial score (nSPS) is 12.4. The van der Waals surface area contributed by atoms with Gasteiger partial charge in [-0.2, -0.15) is 0 Å². The minimum atomic E-state index is -2.47. The molecule has 2 rings (SSSR count). The molecule has 0 saturated carbocycles. The number of rotatable bonds is 5. The Morgan fingerprint density at radius 2 is 1.50 bits per heavy atom. The highest BCUT2D eigenvalue weighted by Gasteiger charge is 2.12. The van der Waals surface area contributed by atoms with Gasteiger partial charge in [-0.15, -0.1) is 0 Å². The van der Waals surface area contributed by atoms with E-state index in [1.807, 2.05) is 31.2 Å². The molecule has 0 aliphatic carbocycles. The lowest BCUT2D eigenvalue weighted by atomic mass is 10.0. The molecular weight excluding hydrogens is 260 g/mol. The number of benzene rings is 2. The zero-order valence-corrected chi connectivity index (χ0v) is 11.2. The maximum atomic E-state index is 12.5. The highest BCUT2D eigenvalue weighted by atomic mass is 19.3. The first-order chi connectivity index (χ1) is 9.60. The number of aliphatic hydroxyl groups excluding tert-OH is 1. The molecule has 2 aromatic carbocycles. The highest BCUT2D eigenvalue weighted by molar-refractivity contribution is 5.47. The number of aliphatic hydroxyl groups is 1. The van der Waals surface area contributed by atoms with Crippen molar-refractivity contribution in [2.24, 2.45) is 0 Å². The van der Waals surface area contributed by atoms with Crippen LogP contribution in [0, 0.1) is 6.92 Å². The van der Waals surface area contributed by atoms with E-state index in [1.165, 1.54) is 12.1 Å². The molecular formula is C16H17F2NO. The lowest BCUT2D eigenvalue weighted by Gasteiger charge is -2.18. The summed E-state index contributed by atoms with van der Waals surface area (Å²) < 4.78 is 25.0. The van der Waals surface area contributed by atoms with E-state index >= 15 is 0 Å². The summed E-state index contributed by atoms with van der Waals surface area (Å²) >= 11 is 0. The summed E-state index contributed by atoms with van der Waals surface area (Å²) in [6.45, 7) is 1.89. The molecule has 2 aromatic rings. The van der Waals surface area contributed by atoms with Gasteiger partial charge in [-0.05, 0) is 24.6 Å². The molecule has 1 unspecified atom stereocenters. The van der Waals surface area contributed by atoms with Crippen molar-refractivity contribution in [1.29, 1.82) is 0 Å². The third kappa shape index (κ3) is 3.54. The van der Waals surface area contributed by atoms with Gasteiger partial charge in [0.1, 0.15) is 0 Å². The zero-order valence-electron chi connectivity index (χ0n) is 11.2. The first kappa shape index (κ1) is 14.5. The van der Waals surface area contributed by atoms with Crippen molar-refractivity contribution >= 4 is 5.69 Å². The second-order valence-corrected chi connectivity index (χ2v) is 4.71. The fourth-order valence-electron chi connectivity index (χ4n) is 1.96. The SMILES string of the molecule is Cc1ccc(NC(CO)c2ccc(C(F)F)cc2)cc1. The van der Waals surface area contributed by atoms with Crippen LogP contribution >= 0.6 is 0 Å². The number of hydrogen-bond acceptors (Lipinski definition) is 2. The number of halogens is 2. The van der Waals surface area contributed by atoms with Crippen LogP contribution < -0.4 is 5.32 Å². The number of nitrogens with one attached hydrogen (secondary N) is 1. The second kappa shape index (κ2) is 6.48. The Balaban J connectivity index is 2.13. The van der Waals surface area contributed by atoms with Gasteiger partial charge >= 0.3 is 0 Å². The minimum absolute atomic E-state index is 0.0132. The van der Waals surface area contributed by atoms with Crippen LogP contribution in [0.15, 0.2) is 48.5 Å². The summed E-state index contributed by atoms with van der Waals surface area (Å²) in [7, 11) is 0. The van der Waals surface area contributed by atoms with Crippen molar-refractivity contribution in [1.82, 2.24) is 0 Å². The smallest absolute Gasteiger partial charge is 0.263 e. The summed E-state index contributed by atoms with van der Waals surface area (Å²) in [4.78, 5) is 0. The fourth-order valence-corrected chi connectivity index (χ4v) is 1.96. The van der Waals surface area contributed by atoms with Gasteiger partial charge in [0.15, 0.2) is 0 Å². The third-order valence-corrected chi connectivity index (χ3v) is 3.17. The van der Waals surface area contributed by atoms with Crippen molar-refractivity contribution in [3.63, 3.8) is 0 Å². The van der Waals surface area contributed by atoms with Crippen molar-refractivity contribution in [3.8, 4) is 0 Å². The maximum Gasteiger partial charge on any atom is 0.263 e. The Labute approximate surface area is 117 Å². The van der Waals surface area contributed by atoms with Crippen LogP contribution in [0.5, 0.6) is 0 Å². The van der Waals surface area contributed by atoms with E-state index in [0.717, 1.165) is 16.8 Å². The lowest BCUT2D eigenvalue weighted by Crippen LogP contribution is -2.14. The van der Waals surface area contributed by atoms with E-state index in [-0.39, 0.29) is 18.2 Å². The molecule has 2 N–H and O–H groups in total. The third-order valence-electron chi connectivity index (χ3n) is 3.17. The molecule has 0 amide bonds. The van der Waals surface area contributed by atoms with E-state index in [2.05, 4.69) is 5.32 Å². The van der Waals surface area contributed by atoms with Gasteiger partial charge in [-0.3, -0.25) is 0 Å². The van der Waals surface area contributed by atoms with Crippen molar-refractivity contribution in [3.05, 3.63) is 65.2 Å². The Morgan fingerprint density at radius 1 is 0.950 bits per heavy atom. The zero-order chi connectivity index (χ0) is 14.5. The molecule has 0 bridgehead atoms. The highest BCUT2D eigenvalue weighted by Crippen LogP contribution is 2.23. The minimum Gasteiger partial charge on any atom is -0.394 e. The van der Waals surface area contributed by atoms with Crippen molar-refractivity contribution in [2.45, 2.75) is 19.4 Å². The lowest BCUT2D eigenvalue weighted by molar-refractivity contribution is 0.151. The Bertz CT molecular complexity index is 537. The standard InChI is InChI=1S/C16H17F2NO/c1-11-2-8-14(9-3-11)19-15(10-20)12-4-6-13(7-5-12)16(17)18/h2-9,15-16,19-20H,10H2,1H3. The summed E-state index contributed by atoms with van der Waals surface area (Å²) in [5.41, 5.74) is 2.79. The molecule has 0 aliphatic rings. The van der Waals surface area contributed by atoms with Crippen LogP contribution in [0.1, 0.15) is 29.2 Å². The predicted molar refractivity (Wildman–Crippen MR) is 76.0 cm³/mol. The molecule has 0 spiro atoms. The summed E-state index contributed by atoms with van der Waals surface area (Å²) in [5.74, 6) is 0. The van der Waals surface area contributed by atoms with Gasteiger partial charge in [0.2, 0.25) is 0 Å².